The van der Waals surface area contributed by atoms with Crippen molar-refractivity contribution in [3.63, 3.8) is 0 Å². The van der Waals surface area contributed by atoms with Crippen LogP contribution in [0.25, 0.3) is 0 Å². The van der Waals surface area contributed by atoms with Gasteiger partial charge in [-0.2, -0.15) is 0 Å². The second-order valence-electron chi connectivity index (χ2n) is 5.20. The first-order valence-corrected chi connectivity index (χ1v) is 7.28. The maximum Gasteiger partial charge on any atom is 0.320 e. The first kappa shape index (κ1) is 13.6. The number of unbranched alkanes of at least 4 members (excludes halogenated alkanes) is 1. The minimum Gasteiger partial charge on any atom is -0.323 e. The summed E-state index contributed by atoms with van der Waals surface area (Å²) in [6, 6.07) is 0.249. The van der Waals surface area contributed by atoms with E-state index in [-0.39, 0.29) is 6.03 Å². The summed E-state index contributed by atoms with van der Waals surface area (Å²) in [4.78, 5) is 18.6. The number of carbonyl (C=O) groups is 1. The van der Waals surface area contributed by atoms with Gasteiger partial charge in [-0.05, 0) is 6.42 Å². The van der Waals surface area contributed by atoms with E-state index in [1.807, 2.05) is 9.80 Å². The number of piperazine rings is 1. The molecule has 0 aromatic heterocycles. The van der Waals surface area contributed by atoms with E-state index in [9.17, 15) is 4.79 Å². The zero-order valence-electron chi connectivity index (χ0n) is 11.5. The summed E-state index contributed by atoms with van der Waals surface area (Å²) < 4.78 is 0. The topological polar surface area (TPSA) is 38.8 Å². The van der Waals surface area contributed by atoms with E-state index >= 15 is 0 Å². The molecule has 0 saturated carbocycles. The number of urea groups is 1. The first-order valence-electron chi connectivity index (χ1n) is 7.28. The SMILES string of the molecule is CCCCN1CCN(CCN2CCNCC2)C1=O. The number of hydrogen-bond acceptors (Lipinski definition) is 3. The normalized spacial score (nSPS) is 21.9. The number of nitrogens with zero attached hydrogens (tertiary/aromatic N) is 3. The van der Waals surface area contributed by atoms with Crippen molar-refractivity contribution in [3.05, 3.63) is 0 Å². The van der Waals surface area contributed by atoms with Crippen molar-refractivity contribution >= 4 is 6.03 Å². The van der Waals surface area contributed by atoms with Gasteiger partial charge in [-0.25, -0.2) is 4.79 Å². The molecule has 104 valence electrons. The molecule has 2 heterocycles. The van der Waals surface area contributed by atoms with Crippen LogP contribution in [0, 0.1) is 0 Å². The highest BCUT2D eigenvalue weighted by Crippen LogP contribution is 2.09. The lowest BCUT2D eigenvalue weighted by molar-refractivity contribution is 0.177. The summed E-state index contributed by atoms with van der Waals surface area (Å²) in [6.07, 6.45) is 2.28. The second-order valence-corrected chi connectivity index (χ2v) is 5.20. The van der Waals surface area contributed by atoms with E-state index in [0.717, 1.165) is 71.7 Å². The Kier molecular flexibility index (Phi) is 5.26. The molecule has 1 N–H and O–H groups in total. The highest BCUT2D eigenvalue weighted by Gasteiger charge is 2.27. The first-order chi connectivity index (χ1) is 8.81. The third kappa shape index (κ3) is 3.59. The van der Waals surface area contributed by atoms with E-state index < -0.39 is 0 Å². The summed E-state index contributed by atoms with van der Waals surface area (Å²) in [7, 11) is 0. The van der Waals surface area contributed by atoms with Gasteiger partial charge in [-0.3, -0.25) is 4.90 Å². The van der Waals surface area contributed by atoms with Crippen LogP contribution in [-0.2, 0) is 0 Å². The lowest BCUT2D eigenvalue weighted by Crippen LogP contribution is -2.46. The molecule has 0 aromatic carbocycles. The van der Waals surface area contributed by atoms with Gasteiger partial charge in [-0.15, -0.1) is 0 Å². The van der Waals surface area contributed by atoms with Gasteiger partial charge in [0.2, 0.25) is 0 Å². The fourth-order valence-electron chi connectivity index (χ4n) is 2.59. The molecule has 0 aromatic rings. The molecule has 5 nitrogen and oxygen atoms in total. The monoisotopic (exact) mass is 254 g/mol. The Hall–Kier alpha value is -0.810. The maximum absolute atomic E-state index is 12.1. The predicted octanol–water partition coefficient (Wildman–Crippen LogP) is 0.429. The van der Waals surface area contributed by atoms with Crippen LogP contribution in [0.1, 0.15) is 19.8 Å². The second kappa shape index (κ2) is 6.95. The Morgan fingerprint density at radius 1 is 1.00 bits per heavy atom. The molecule has 2 aliphatic heterocycles. The van der Waals surface area contributed by atoms with Crippen molar-refractivity contribution in [1.29, 1.82) is 0 Å². The van der Waals surface area contributed by atoms with Gasteiger partial charge in [0.15, 0.2) is 0 Å². The molecule has 0 radical (unpaired) electrons. The summed E-state index contributed by atoms with van der Waals surface area (Å²) in [6.45, 7) is 11.2. The van der Waals surface area contributed by atoms with Crippen molar-refractivity contribution in [2.45, 2.75) is 19.8 Å². The highest BCUT2D eigenvalue weighted by atomic mass is 16.2. The predicted molar refractivity (Wildman–Crippen MR) is 72.8 cm³/mol. The minimum atomic E-state index is 0.249. The van der Waals surface area contributed by atoms with Crippen molar-refractivity contribution in [3.8, 4) is 0 Å². The molecule has 0 unspecified atom stereocenters. The van der Waals surface area contributed by atoms with Crippen LogP contribution >= 0.6 is 0 Å². The van der Waals surface area contributed by atoms with Gasteiger partial charge < -0.3 is 15.1 Å². The van der Waals surface area contributed by atoms with Gasteiger partial charge in [-0.1, -0.05) is 13.3 Å². The zero-order valence-corrected chi connectivity index (χ0v) is 11.5. The van der Waals surface area contributed by atoms with E-state index in [1.165, 1.54) is 0 Å². The third-order valence-corrected chi connectivity index (χ3v) is 3.86. The van der Waals surface area contributed by atoms with Gasteiger partial charge >= 0.3 is 6.03 Å². The molecule has 2 fully saturated rings. The Morgan fingerprint density at radius 2 is 1.67 bits per heavy atom. The van der Waals surface area contributed by atoms with Crippen LogP contribution in [0.4, 0.5) is 4.79 Å². The summed E-state index contributed by atoms with van der Waals surface area (Å²) in [5.74, 6) is 0. The van der Waals surface area contributed by atoms with Gasteiger partial charge in [0.25, 0.3) is 0 Å². The Bertz CT molecular complexity index is 266. The smallest absolute Gasteiger partial charge is 0.320 e. The molecule has 2 amide bonds. The van der Waals surface area contributed by atoms with E-state index in [2.05, 4.69) is 17.1 Å². The molecular weight excluding hydrogens is 228 g/mol. The Balaban J connectivity index is 1.68. The van der Waals surface area contributed by atoms with Crippen molar-refractivity contribution < 1.29 is 4.79 Å². The largest absolute Gasteiger partial charge is 0.323 e. The molecule has 18 heavy (non-hydrogen) atoms. The Labute approximate surface area is 110 Å². The molecule has 5 heteroatoms. The standard InChI is InChI=1S/C13H26N4O/c1-2-3-6-16-11-12-17(13(16)18)10-9-15-7-4-14-5-8-15/h14H,2-12H2,1H3. The molecule has 0 spiro atoms. The van der Waals surface area contributed by atoms with Crippen LogP contribution < -0.4 is 5.32 Å². The lowest BCUT2D eigenvalue weighted by Gasteiger charge is -2.29. The maximum atomic E-state index is 12.1. The van der Waals surface area contributed by atoms with Crippen LogP contribution in [0.5, 0.6) is 0 Å². The minimum absolute atomic E-state index is 0.249. The van der Waals surface area contributed by atoms with Gasteiger partial charge in [0.1, 0.15) is 0 Å². The van der Waals surface area contributed by atoms with Crippen molar-refractivity contribution in [2.24, 2.45) is 0 Å². The molecule has 2 aliphatic rings. The molecule has 0 bridgehead atoms. The number of carbonyl (C=O) groups excluding carboxylic acids is 1. The number of hydrogen-bond donors (Lipinski definition) is 1. The summed E-state index contributed by atoms with van der Waals surface area (Å²) in [5, 5.41) is 3.35. The van der Waals surface area contributed by atoms with Crippen LogP contribution in [0.2, 0.25) is 0 Å². The number of amides is 2. The fraction of sp³-hybridized carbons (Fsp3) is 0.923. The third-order valence-electron chi connectivity index (χ3n) is 3.86. The average Bonchev–Trinajstić information content (AvgIpc) is 2.76. The van der Waals surface area contributed by atoms with Gasteiger partial charge in [0, 0.05) is 58.9 Å². The van der Waals surface area contributed by atoms with Crippen molar-refractivity contribution in [2.75, 3.05) is 58.9 Å². The Morgan fingerprint density at radius 3 is 2.33 bits per heavy atom. The summed E-state index contributed by atoms with van der Waals surface area (Å²) in [5.41, 5.74) is 0. The van der Waals surface area contributed by atoms with Crippen LogP contribution in [0.15, 0.2) is 0 Å². The van der Waals surface area contributed by atoms with Crippen molar-refractivity contribution in [1.82, 2.24) is 20.0 Å². The van der Waals surface area contributed by atoms with E-state index in [0.29, 0.717) is 0 Å². The average molecular weight is 254 g/mol. The van der Waals surface area contributed by atoms with E-state index in [1.54, 1.807) is 0 Å². The molecule has 2 saturated heterocycles. The fourth-order valence-corrected chi connectivity index (χ4v) is 2.59. The van der Waals surface area contributed by atoms with Crippen LogP contribution in [-0.4, -0.2) is 79.6 Å². The number of nitrogens with one attached hydrogen (secondary N) is 1. The highest BCUT2D eigenvalue weighted by molar-refractivity contribution is 5.76. The lowest BCUT2D eigenvalue weighted by atomic mass is 10.3. The van der Waals surface area contributed by atoms with Gasteiger partial charge in [0.05, 0.1) is 0 Å². The number of rotatable bonds is 6. The zero-order chi connectivity index (χ0) is 12.8. The molecule has 2 rings (SSSR count). The quantitative estimate of drug-likeness (QED) is 0.747. The molecule has 0 atom stereocenters. The summed E-state index contributed by atoms with van der Waals surface area (Å²) >= 11 is 0. The van der Waals surface area contributed by atoms with Crippen LogP contribution in [0.3, 0.4) is 0 Å². The molecular formula is C13H26N4O. The van der Waals surface area contributed by atoms with E-state index in [4.69, 9.17) is 0 Å². The molecule has 0 aliphatic carbocycles.